The standard InChI is InChI=1S/C18H10ClI2S/c19-11-1-5-14(6-2-11)22-17-7-3-12(20)9-15(17)16-10-13(21)4-8-18(16)22/h1-10H/q+1. The van der Waals surface area contributed by atoms with Crippen molar-refractivity contribution in [3.63, 3.8) is 0 Å². The number of hydrogen-bond acceptors (Lipinski definition) is 0. The lowest BCUT2D eigenvalue weighted by Crippen LogP contribution is -1.71. The highest BCUT2D eigenvalue weighted by atomic mass is 127. The largest absolute Gasteiger partial charge is 0.187 e. The first-order valence-electron chi connectivity index (χ1n) is 6.73. The van der Waals surface area contributed by atoms with Crippen molar-refractivity contribution in [2.45, 2.75) is 0 Å². The molecular weight excluding hydrogens is 538 g/mol. The molecule has 0 radical (unpaired) electrons. The SMILES string of the molecule is Clc1ccc(-[s+]2c3ccc(I)cc3c3cc(I)ccc32)cc1. The van der Waals surface area contributed by atoms with Crippen molar-refractivity contribution in [3.8, 4) is 4.90 Å². The molecule has 0 unspecified atom stereocenters. The van der Waals surface area contributed by atoms with E-state index in [4.69, 9.17) is 11.6 Å². The summed E-state index contributed by atoms with van der Waals surface area (Å²) in [5.74, 6) is 0. The van der Waals surface area contributed by atoms with E-state index in [1.165, 1.54) is 32.2 Å². The summed E-state index contributed by atoms with van der Waals surface area (Å²) in [5.41, 5.74) is 0. The number of hydrogen-bond donors (Lipinski definition) is 0. The van der Waals surface area contributed by atoms with Gasteiger partial charge in [0, 0.05) is 33.4 Å². The molecule has 4 aromatic rings. The van der Waals surface area contributed by atoms with Crippen LogP contribution in [0.2, 0.25) is 5.02 Å². The quantitative estimate of drug-likeness (QED) is 0.170. The zero-order chi connectivity index (χ0) is 15.3. The molecule has 4 rings (SSSR count). The number of thiophene rings is 1. The summed E-state index contributed by atoms with van der Waals surface area (Å²) in [5, 5.41) is 3.54. The van der Waals surface area contributed by atoms with Gasteiger partial charge in [-0.15, -0.1) is 0 Å². The Kier molecular flexibility index (Phi) is 4.09. The summed E-state index contributed by atoms with van der Waals surface area (Å²) in [4.78, 5) is 1.33. The number of benzene rings is 3. The van der Waals surface area contributed by atoms with E-state index in [0.717, 1.165) is 5.02 Å². The van der Waals surface area contributed by atoms with Crippen LogP contribution in [0, 0.1) is 7.14 Å². The van der Waals surface area contributed by atoms with Crippen molar-refractivity contribution in [1.82, 2.24) is 0 Å². The van der Waals surface area contributed by atoms with Crippen LogP contribution in [0.4, 0.5) is 0 Å². The van der Waals surface area contributed by atoms with E-state index in [-0.39, 0.29) is 10.5 Å². The van der Waals surface area contributed by atoms with Crippen molar-refractivity contribution < 1.29 is 0 Å². The molecule has 0 saturated carbocycles. The molecule has 0 amide bonds. The van der Waals surface area contributed by atoms with Gasteiger partial charge in [0.15, 0.2) is 14.3 Å². The van der Waals surface area contributed by atoms with Crippen LogP contribution < -0.4 is 0 Å². The third kappa shape index (κ3) is 2.56. The summed E-state index contributed by atoms with van der Waals surface area (Å²) in [6.45, 7) is 0. The van der Waals surface area contributed by atoms with Crippen molar-refractivity contribution in [3.05, 3.63) is 72.8 Å². The summed E-state index contributed by atoms with van der Waals surface area (Å²) >= 11 is 10.8. The molecule has 0 aliphatic carbocycles. The Labute approximate surface area is 163 Å². The molecule has 1 heterocycles. The first kappa shape index (κ1) is 15.2. The molecule has 0 aliphatic heterocycles. The Balaban J connectivity index is 2.17. The fourth-order valence-corrected chi connectivity index (χ4v) is 6.17. The molecule has 0 nitrogen and oxygen atoms in total. The van der Waals surface area contributed by atoms with Crippen LogP contribution >= 0.6 is 67.3 Å². The van der Waals surface area contributed by atoms with Gasteiger partial charge >= 0.3 is 0 Å². The topological polar surface area (TPSA) is 0 Å². The molecule has 0 saturated heterocycles. The summed E-state index contributed by atoms with van der Waals surface area (Å²) in [6.07, 6.45) is 0. The highest BCUT2D eigenvalue weighted by molar-refractivity contribution is 14.1. The number of rotatable bonds is 1. The highest BCUT2D eigenvalue weighted by Gasteiger charge is 2.23. The lowest BCUT2D eigenvalue weighted by Gasteiger charge is -1.94. The molecular formula is C18H10ClI2S+. The van der Waals surface area contributed by atoms with Gasteiger partial charge in [0.2, 0.25) is 0 Å². The van der Waals surface area contributed by atoms with Gasteiger partial charge < -0.3 is 0 Å². The maximum Gasteiger partial charge on any atom is 0.187 e. The Morgan fingerprint density at radius 3 is 1.68 bits per heavy atom. The van der Waals surface area contributed by atoms with Crippen molar-refractivity contribution >= 4 is 87.4 Å². The van der Waals surface area contributed by atoms with Gasteiger partial charge in [-0.1, -0.05) is 11.6 Å². The maximum absolute atomic E-state index is 6.06. The molecule has 0 atom stereocenters. The molecule has 0 bridgehead atoms. The number of fused-ring (bicyclic) bond motifs is 3. The van der Waals surface area contributed by atoms with Gasteiger partial charge in [-0.3, -0.25) is 0 Å². The Hall–Kier alpha value is -0.370. The Bertz CT molecular complexity index is 944. The van der Waals surface area contributed by atoms with E-state index in [2.05, 4.69) is 93.7 Å². The Morgan fingerprint density at radius 2 is 1.18 bits per heavy atom. The number of halogens is 3. The van der Waals surface area contributed by atoms with Gasteiger partial charge in [-0.05, 0) is 106 Å². The van der Waals surface area contributed by atoms with E-state index >= 15 is 0 Å². The molecule has 0 spiro atoms. The van der Waals surface area contributed by atoms with Crippen LogP contribution in [0.5, 0.6) is 0 Å². The molecule has 108 valence electrons. The van der Waals surface area contributed by atoms with E-state index in [0.29, 0.717) is 0 Å². The second-order valence-electron chi connectivity index (χ2n) is 5.04. The van der Waals surface area contributed by atoms with Gasteiger partial charge in [-0.2, -0.15) is 0 Å². The van der Waals surface area contributed by atoms with Crippen LogP contribution in [0.25, 0.3) is 25.1 Å². The van der Waals surface area contributed by atoms with E-state index in [1.54, 1.807) is 0 Å². The first-order chi connectivity index (χ1) is 10.6. The minimum atomic E-state index is -0.0307. The van der Waals surface area contributed by atoms with Crippen LogP contribution in [0.15, 0.2) is 60.7 Å². The summed E-state index contributed by atoms with van der Waals surface area (Å²) in [6, 6.07) is 21.8. The first-order valence-corrected chi connectivity index (χ1v) is 10.5. The molecule has 0 fully saturated rings. The molecule has 0 N–H and O–H groups in total. The van der Waals surface area contributed by atoms with Crippen molar-refractivity contribution in [2.75, 3.05) is 0 Å². The van der Waals surface area contributed by atoms with Crippen LogP contribution in [0.3, 0.4) is 0 Å². The third-order valence-electron chi connectivity index (χ3n) is 3.66. The second kappa shape index (κ2) is 5.92. The predicted octanol–water partition coefficient (Wildman–Crippen LogP) is 7.59. The molecule has 3 aromatic carbocycles. The molecule has 22 heavy (non-hydrogen) atoms. The van der Waals surface area contributed by atoms with Crippen LogP contribution in [-0.2, 0) is 0 Å². The minimum Gasteiger partial charge on any atom is -0.0843 e. The summed E-state index contributed by atoms with van der Waals surface area (Å²) < 4.78 is 5.39. The Morgan fingerprint density at radius 1 is 0.682 bits per heavy atom. The van der Waals surface area contributed by atoms with Crippen LogP contribution in [0.1, 0.15) is 0 Å². The van der Waals surface area contributed by atoms with Crippen molar-refractivity contribution in [1.29, 1.82) is 0 Å². The molecule has 1 aromatic heterocycles. The average molecular weight is 548 g/mol. The maximum atomic E-state index is 6.06. The lowest BCUT2D eigenvalue weighted by molar-refractivity contribution is 1.74. The smallest absolute Gasteiger partial charge is 0.0843 e. The van der Waals surface area contributed by atoms with Crippen LogP contribution in [-0.4, -0.2) is 0 Å². The van der Waals surface area contributed by atoms with Crippen molar-refractivity contribution in [2.24, 2.45) is 0 Å². The predicted molar refractivity (Wildman–Crippen MR) is 116 cm³/mol. The minimum absolute atomic E-state index is 0.0307. The van der Waals surface area contributed by atoms with Gasteiger partial charge in [0.25, 0.3) is 0 Å². The van der Waals surface area contributed by atoms with E-state index in [1.807, 2.05) is 12.1 Å². The van der Waals surface area contributed by atoms with E-state index < -0.39 is 0 Å². The normalized spacial score (nSPS) is 11.4. The zero-order valence-corrected chi connectivity index (χ0v) is 17.2. The summed E-state index contributed by atoms with van der Waals surface area (Å²) in [7, 11) is -0.0307. The fraction of sp³-hybridized carbons (Fsp3) is 0. The van der Waals surface area contributed by atoms with Gasteiger partial charge in [-0.25, -0.2) is 0 Å². The molecule has 4 heteroatoms. The van der Waals surface area contributed by atoms with Gasteiger partial charge in [0.05, 0.1) is 0 Å². The second-order valence-corrected chi connectivity index (χ2v) is 9.93. The average Bonchev–Trinajstić information content (AvgIpc) is 2.81. The monoisotopic (exact) mass is 547 g/mol. The molecule has 0 aliphatic rings. The lowest BCUT2D eigenvalue weighted by atomic mass is 10.2. The van der Waals surface area contributed by atoms with E-state index in [9.17, 15) is 0 Å². The third-order valence-corrected chi connectivity index (χ3v) is 7.59. The highest BCUT2D eigenvalue weighted by Crippen LogP contribution is 2.48. The van der Waals surface area contributed by atoms with Gasteiger partial charge in [0.1, 0.15) is 0 Å². The zero-order valence-electron chi connectivity index (χ0n) is 11.3. The fourth-order valence-electron chi connectivity index (χ4n) is 2.72.